The summed E-state index contributed by atoms with van der Waals surface area (Å²) >= 11 is 0. The molecule has 4 rings (SSSR count). The number of rotatable bonds is 6. The number of aromatic nitrogens is 2. The molecule has 6 nitrogen and oxygen atoms in total. The smallest absolute Gasteiger partial charge is 0.255 e. The standard InChI is InChI=1S/C26H22N4O2/c1-18-7-8-20(25-15-28-17-30(25)2)13-24(18)29-26(31)19-9-11-23(12-10-19)32-16-22-6-4-3-5-21(22)14-27/h3-13,15,17H,16H2,1-2H3,(H,29,31). The quantitative estimate of drug-likeness (QED) is 0.469. The Morgan fingerprint density at radius 3 is 2.62 bits per heavy atom. The van der Waals surface area contributed by atoms with Gasteiger partial charge in [-0.25, -0.2) is 4.98 Å². The molecule has 158 valence electrons. The normalized spacial score (nSPS) is 10.4. The van der Waals surface area contributed by atoms with E-state index in [4.69, 9.17) is 4.74 Å². The van der Waals surface area contributed by atoms with Crippen LogP contribution in [-0.2, 0) is 13.7 Å². The summed E-state index contributed by atoms with van der Waals surface area (Å²) in [5.41, 5.74) is 5.61. The Hall–Kier alpha value is -4.37. The molecule has 1 amide bonds. The molecule has 0 aliphatic heterocycles. The summed E-state index contributed by atoms with van der Waals surface area (Å²) < 4.78 is 7.72. The molecule has 32 heavy (non-hydrogen) atoms. The summed E-state index contributed by atoms with van der Waals surface area (Å²) in [6, 6.07) is 22.4. The highest BCUT2D eigenvalue weighted by Crippen LogP contribution is 2.25. The Morgan fingerprint density at radius 1 is 1.12 bits per heavy atom. The van der Waals surface area contributed by atoms with Gasteiger partial charge in [-0.15, -0.1) is 0 Å². The van der Waals surface area contributed by atoms with E-state index in [0.717, 1.165) is 28.1 Å². The lowest BCUT2D eigenvalue weighted by Crippen LogP contribution is -2.13. The van der Waals surface area contributed by atoms with E-state index in [-0.39, 0.29) is 12.5 Å². The van der Waals surface area contributed by atoms with Gasteiger partial charge in [-0.2, -0.15) is 5.26 Å². The van der Waals surface area contributed by atoms with E-state index in [1.165, 1.54) is 0 Å². The van der Waals surface area contributed by atoms with Gasteiger partial charge in [-0.1, -0.05) is 30.3 Å². The predicted molar refractivity (Wildman–Crippen MR) is 123 cm³/mol. The molecule has 0 aliphatic carbocycles. The monoisotopic (exact) mass is 422 g/mol. The third-order valence-electron chi connectivity index (χ3n) is 5.25. The van der Waals surface area contributed by atoms with Gasteiger partial charge >= 0.3 is 0 Å². The molecular weight excluding hydrogens is 400 g/mol. The fraction of sp³-hybridized carbons (Fsp3) is 0.115. The van der Waals surface area contributed by atoms with Crippen molar-refractivity contribution in [1.82, 2.24) is 9.55 Å². The molecule has 0 saturated heterocycles. The number of carbonyl (C=O) groups excluding carboxylic acids is 1. The van der Waals surface area contributed by atoms with Crippen molar-refractivity contribution in [2.24, 2.45) is 7.05 Å². The number of ether oxygens (including phenoxy) is 1. The van der Waals surface area contributed by atoms with Crippen LogP contribution < -0.4 is 10.1 Å². The van der Waals surface area contributed by atoms with E-state index in [0.29, 0.717) is 16.9 Å². The molecule has 6 heteroatoms. The van der Waals surface area contributed by atoms with Crippen LogP contribution >= 0.6 is 0 Å². The van der Waals surface area contributed by atoms with Crippen LogP contribution in [0.3, 0.4) is 0 Å². The van der Waals surface area contributed by atoms with E-state index in [9.17, 15) is 10.1 Å². The van der Waals surface area contributed by atoms with Gasteiger partial charge in [0.2, 0.25) is 0 Å². The van der Waals surface area contributed by atoms with Gasteiger partial charge in [-0.05, 0) is 48.9 Å². The summed E-state index contributed by atoms with van der Waals surface area (Å²) in [5, 5.41) is 12.2. The lowest BCUT2D eigenvalue weighted by molar-refractivity contribution is 0.102. The lowest BCUT2D eigenvalue weighted by Gasteiger charge is -2.12. The predicted octanol–water partition coefficient (Wildman–Crippen LogP) is 5.10. The topological polar surface area (TPSA) is 79.9 Å². The number of hydrogen-bond acceptors (Lipinski definition) is 4. The average Bonchev–Trinajstić information content (AvgIpc) is 3.25. The molecule has 0 fully saturated rings. The Morgan fingerprint density at radius 2 is 1.91 bits per heavy atom. The number of hydrogen-bond donors (Lipinski definition) is 1. The highest BCUT2D eigenvalue weighted by atomic mass is 16.5. The highest BCUT2D eigenvalue weighted by Gasteiger charge is 2.11. The molecule has 0 spiro atoms. The fourth-order valence-corrected chi connectivity index (χ4v) is 3.36. The molecular formula is C26H22N4O2. The summed E-state index contributed by atoms with van der Waals surface area (Å²) in [6.45, 7) is 2.24. The largest absolute Gasteiger partial charge is 0.489 e. The van der Waals surface area contributed by atoms with Crippen LogP contribution in [0.2, 0.25) is 0 Å². The number of carbonyl (C=O) groups is 1. The van der Waals surface area contributed by atoms with Gasteiger partial charge in [-0.3, -0.25) is 4.79 Å². The van der Waals surface area contributed by atoms with Crippen molar-refractivity contribution in [3.63, 3.8) is 0 Å². The number of aryl methyl sites for hydroxylation is 2. The van der Waals surface area contributed by atoms with Crippen LogP contribution in [0.1, 0.15) is 27.0 Å². The Bertz CT molecular complexity index is 1300. The van der Waals surface area contributed by atoms with Crippen molar-refractivity contribution in [2.45, 2.75) is 13.5 Å². The Kier molecular flexibility index (Phi) is 6.00. The molecule has 0 atom stereocenters. The van der Waals surface area contributed by atoms with Crippen LogP contribution in [0.5, 0.6) is 5.75 Å². The van der Waals surface area contributed by atoms with Crippen LogP contribution in [0, 0.1) is 18.3 Å². The van der Waals surface area contributed by atoms with Crippen molar-refractivity contribution in [2.75, 3.05) is 5.32 Å². The second-order valence-corrected chi connectivity index (χ2v) is 7.46. The zero-order valence-corrected chi connectivity index (χ0v) is 17.9. The molecule has 0 aliphatic rings. The minimum Gasteiger partial charge on any atom is -0.489 e. The molecule has 3 aromatic carbocycles. The number of nitrogens with one attached hydrogen (secondary N) is 1. The zero-order valence-electron chi connectivity index (χ0n) is 17.9. The number of nitrogens with zero attached hydrogens (tertiary/aromatic N) is 3. The number of amides is 1. The minimum atomic E-state index is -0.198. The van der Waals surface area contributed by atoms with Crippen LogP contribution in [0.15, 0.2) is 79.3 Å². The third kappa shape index (κ3) is 4.52. The van der Waals surface area contributed by atoms with Crippen molar-refractivity contribution in [1.29, 1.82) is 5.26 Å². The minimum absolute atomic E-state index is 0.198. The number of anilines is 1. The Balaban J connectivity index is 1.44. The van der Waals surface area contributed by atoms with Crippen LogP contribution in [0.25, 0.3) is 11.3 Å². The van der Waals surface area contributed by atoms with Crippen molar-refractivity contribution in [3.05, 3.63) is 102 Å². The first kappa shape index (κ1) is 20.9. The van der Waals surface area contributed by atoms with Gasteiger partial charge in [0.05, 0.1) is 29.9 Å². The lowest BCUT2D eigenvalue weighted by atomic mass is 10.1. The summed E-state index contributed by atoms with van der Waals surface area (Å²) in [7, 11) is 1.93. The summed E-state index contributed by atoms with van der Waals surface area (Å²) in [5.74, 6) is 0.431. The highest BCUT2D eigenvalue weighted by molar-refractivity contribution is 6.05. The average molecular weight is 422 g/mol. The van der Waals surface area contributed by atoms with Gasteiger partial charge < -0.3 is 14.6 Å². The summed E-state index contributed by atoms with van der Waals surface area (Å²) in [4.78, 5) is 17.0. The summed E-state index contributed by atoms with van der Waals surface area (Å²) in [6.07, 6.45) is 3.54. The maximum absolute atomic E-state index is 12.8. The molecule has 1 N–H and O–H groups in total. The Labute approximate surface area is 186 Å². The number of nitriles is 1. The first-order valence-corrected chi connectivity index (χ1v) is 10.1. The van der Waals surface area contributed by atoms with Crippen molar-refractivity contribution >= 4 is 11.6 Å². The second-order valence-electron chi connectivity index (χ2n) is 7.46. The molecule has 4 aromatic rings. The molecule has 0 radical (unpaired) electrons. The number of benzene rings is 3. The van der Waals surface area contributed by atoms with Crippen molar-refractivity contribution < 1.29 is 9.53 Å². The van der Waals surface area contributed by atoms with E-state index < -0.39 is 0 Å². The fourth-order valence-electron chi connectivity index (χ4n) is 3.36. The van der Waals surface area contributed by atoms with E-state index in [1.54, 1.807) is 42.9 Å². The molecule has 0 saturated carbocycles. The SMILES string of the molecule is Cc1ccc(-c2cncn2C)cc1NC(=O)c1ccc(OCc2ccccc2C#N)cc1. The van der Waals surface area contributed by atoms with Gasteiger partial charge in [0.25, 0.3) is 5.91 Å². The van der Waals surface area contributed by atoms with Gasteiger partial charge in [0, 0.05) is 29.4 Å². The third-order valence-corrected chi connectivity index (χ3v) is 5.25. The maximum atomic E-state index is 12.8. The maximum Gasteiger partial charge on any atom is 0.255 e. The van der Waals surface area contributed by atoms with Crippen molar-refractivity contribution in [3.8, 4) is 23.1 Å². The molecule has 0 unspecified atom stereocenters. The van der Waals surface area contributed by atoms with Crippen LogP contribution in [-0.4, -0.2) is 15.5 Å². The number of imidazole rings is 1. The zero-order chi connectivity index (χ0) is 22.5. The van der Waals surface area contributed by atoms with E-state index in [1.807, 2.05) is 54.9 Å². The first-order chi connectivity index (χ1) is 15.5. The van der Waals surface area contributed by atoms with E-state index >= 15 is 0 Å². The second kappa shape index (κ2) is 9.19. The molecule has 1 aromatic heterocycles. The first-order valence-electron chi connectivity index (χ1n) is 10.1. The molecule has 1 heterocycles. The molecule has 0 bridgehead atoms. The van der Waals surface area contributed by atoms with Gasteiger partial charge in [0.15, 0.2) is 0 Å². The van der Waals surface area contributed by atoms with E-state index in [2.05, 4.69) is 16.4 Å². The van der Waals surface area contributed by atoms with Crippen LogP contribution in [0.4, 0.5) is 5.69 Å². The van der Waals surface area contributed by atoms with Gasteiger partial charge in [0.1, 0.15) is 12.4 Å².